The van der Waals surface area contributed by atoms with Crippen LogP contribution in [-0.4, -0.2) is 36.2 Å². The fraction of sp³-hybridized carbons (Fsp3) is 0.923. The fourth-order valence-electron chi connectivity index (χ4n) is 1.91. The van der Waals surface area contributed by atoms with Crippen LogP contribution in [0.2, 0.25) is 0 Å². The molecule has 0 saturated carbocycles. The Morgan fingerprint density at radius 2 is 2.06 bits per heavy atom. The van der Waals surface area contributed by atoms with Gasteiger partial charge in [0.2, 0.25) is 5.91 Å². The van der Waals surface area contributed by atoms with Gasteiger partial charge in [-0.05, 0) is 47.5 Å². The minimum absolute atomic E-state index is 0.0449. The summed E-state index contributed by atoms with van der Waals surface area (Å²) >= 11 is 0. The van der Waals surface area contributed by atoms with Gasteiger partial charge in [0, 0.05) is 12.1 Å². The van der Waals surface area contributed by atoms with E-state index in [1.165, 1.54) is 0 Å². The number of nitrogens with one attached hydrogen (secondary N) is 2. The van der Waals surface area contributed by atoms with Gasteiger partial charge >= 0.3 is 0 Å². The Hall–Kier alpha value is -0.610. The first kappa shape index (κ1) is 14.5. The summed E-state index contributed by atoms with van der Waals surface area (Å²) in [5, 5.41) is 6.19. The molecular weight excluding hydrogens is 216 g/mol. The highest BCUT2D eigenvalue weighted by Crippen LogP contribution is 2.18. The Labute approximate surface area is 104 Å². The van der Waals surface area contributed by atoms with Crippen LogP contribution in [-0.2, 0) is 9.53 Å². The van der Waals surface area contributed by atoms with Crippen molar-refractivity contribution in [2.45, 2.75) is 71.2 Å². The molecule has 1 rings (SSSR count). The van der Waals surface area contributed by atoms with Crippen LogP contribution in [0.4, 0.5) is 0 Å². The SMILES string of the molecule is CC1CCC(CNC(C)C(=O)NC(C)(C)C)O1. The molecule has 0 aromatic rings. The molecule has 0 bridgehead atoms. The van der Waals surface area contributed by atoms with E-state index in [1.54, 1.807) is 0 Å². The van der Waals surface area contributed by atoms with E-state index in [1.807, 2.05) is 27.7 Å². The van der Waals surface area contributed by atoms with E-state index in [0.717, 1.165) is 19.4 Å². The molecule has 0 aromatic carbocycles. The zero-order valence-electron chi connectivity index (χ0n) is 11.7. The van der Waals surface area contributed by atoms with Crippen molar-refractivity contribution in [1.82, 2.24) is 10.6 Å². The van der Waals surface area contributed by atoms with Gasteiger partial charge in [-0.15, -0.1) is 0 Å². The first-order chi connectivity index (χ1) is 7.78. The maximum Gasteiger partial charge on any atom is 0.237 e. The van der Waals surface area contributed by atoms with E-state index in [-0.39, 0.29) is 23.6 Å². The third-order valence-corrected chi connectivity index (χ3v) is 2.86. The molecule has 1 saturated heterocycles. The Balaban J connectivity index is 2.24. The molecule has 1 fully saturated rings. The van der Waals surface area contributed by atoms with Gasteiger partial charge in [-0.1, -0.05) is 0 Å². The van der Waals surface area contributed by atoms with Crippen molar-refractivity contribution in [3.8, 4) is 0 Å². The number of hydrogen-bond acceptors (Lipinski definition) is 3. The van der Waals surface area contributed by atoms with Gasteiger partial charge in [-0.25, -0.2) is 0 Å². The highest BCUT2D eigenvalue weighted by atomic mass is 16.5. The standard InChI is InChI=1S/C13H26N2O2/c1-9-6-7-11(17-9)8-14-10(2)12(16)15-13(3,4)5/h9-11,14H,6-8H2,1-5H3,(H,15,16). The van der Waals surface area contributed by atoms with Gasteiger partial charge in [-0.3, -0.25) is 4.79 Å². The molecule has 1 amide bonds. The quantitative estimate of drug-likeness (QED) is 0.784. The molecule has 0 radical (unpaired) electrons. The Morgan fingerprint density at radius 1 is 1.41 bits per heavy atom. The Kier molecular flexibility index (Phi) is 4.95. The van der Waals surface area contributed by atoms with Crippen LogP contribution in [0.1, 0.15) is 47.5 Å². The largest absolute Gasteiger partial charge is 0.374 e. The summed E-state index contributed by atoms with van der Waals surface area (Å²) in [7, 11) is 0. The van der Waals surface area contributed by atoms with Crippen molar-refractivity contribution in [3.63, 3.8) is 0 Å². The van der Waals surface area contributed by atoms with Crippen molar-refractivity contribution in [3.05, 3.63) is 0 Å². The molecule has 0 aromatic heterocycles. The molecule has 1 aliphatic rings. The van der Waals surface area contributed by atoms with Gasteiger partial charge < -0.3 is 15.4 Å². The van der Waals surface area contributed by atoms with Crippen LogP contribution in [0, 0.1) is 0 Å². The van der Waals surface area contributed by atoms with Crippen molar-refractivity contribution in [2.75, 3.05) is 6.54 Å². The molecule has 4 heteroatoms. The second-order valence-corrected chi connectivity index (χ2v) is 6.02. The topological polar surface area (TPSA) is 50.4 Å². The first-order valence-electron chi connectivity index (χ1n) is 6.49. The predicted molar refractivity (Wildman–Crippen MR) is 68.9 cm³/mol. The summed E-state index contributed by atoms with van der Waals surface area (Å²) in [6, 6.07) is -0.172. The zero-order valence-corrected chi connectivity index (χ0v) is 11.7. The molecule has 100 valence electrons. The first-order valence-corrected chi connectivity index (χ1v) is 6.49. The van der Waals surface area contributed by atoms with Crippen molar-refractivity contribution in [1.29, 1.82) is 0 Å². The van der Waals surface area contributed by atoms with E-state index >= 15 is 0 Å². The molecule has 3 unspecified atom stereocenters. The lowest BCUT2D eigenvalue weighted by molar-refractivity contribution is -0.124. The molecule has 1 heterocycles. The summed E-state index contributed by atoms with van der Waals surface area (Å²) in [4.78, 5) is 11.8. The van der Waals surface area contributed by atoms with Crippen LogP contribution in [0.5, 0.6) is 0 Å². The molecule has 2 N–H and O–H groups in total. The average Bonchev–Trinajstić information content (AvgIpc) is 2.58. The summed E-state index contributed by atoms with van der Waals surface area (Å²) in [5.41, 5.74) is -0.175. The van der Waals surface area contributed by atoms with Gasteiger partial charge in [0.05, 0.1) is 18.2 Å². The monoisotopic (exact) mass is 242 g/mol. The number of carbonyl (C=O) groups is 1. The predicted octanol–water partition coefficient (Wildman–Crippen LogP) is 1.45. The van der Waals surface area contributed by atoms with Gasteiger partial charge in [0.1, 0.15) is 0 Å². The number of amides is 1. The summed E-state index contributed by atoms with van der Waals surface area (Å²) in [5.74, 6) is 0.0449. The van der Waals surface area contributed by atoms with Crippen LogP contribution >= 0.6 is 0 Å². The van der Waals surface area contributed by atoms with E-state index in [0.29, 0.717) is 6.10 Å². The lowest BCUT2D eigenvalue weighted by Gasteiger charge is -2.24. The third-order valence-electron chi connectivity index (χ3n) is 2.86. The highest BCUT2D eigenvalue weighted by molar-refractivity contribution is 5.81. The number of carbonyl (C=O) groups excluding carboxylic acids is 1. The second-order valence-electron chi connectivity index (χ2n) is 6.02. The van der Waals surface area contributed by atoms with Crippen molar-refractivity contribution >= 4 is 5.91 Å². The number of rotatable bonds is 4. The number of ether oxygens (including phenoxy) is 1. The maximum atomic E-state index is 11.8. The zero-order chi connectivity index (χ0) is 13.1. The van der Waals surface area contributed by atoms with E-state index in [4.69, 9.17) is 4.74 Å². The van der Waals surface area contributed by atoms with Crippen LogP contribution in [0.25, 0.3) is 0 Å². The van der Waals surface area contributed by atoms with Crippen LogP contribution in [0.3, 0.4) is 0 Å². The molecule has 0 spiro atoms. The Bertz CT molecular complexity index is 261. The highest BCUT2D eigenvalue weighted by Gasteiger charge is 2.24. The van der Waals surface area contributed by atoms with Crippen LogP contribution in [0.15, 0.2) is 0 Å². The lowest BCUT2D eigenvalue weighted by atomic mass is 10.1. The molecule has 3 atom stereocenters. The summed E-state index contributed by atoms with van der Waals surface area (Å²) in [6.45, 7) is 10.7. The summed E-state index contributed by atoms with van der Waals surface area (Å²) in [6.07, 6.45) is 2.83. The molecule has 17 heavy (non-hydrogen) atoms. The average molecular weight is 242 g/mol. The van der Waals surface area contributed by atoms with Crippen molar-refractivity contribution in [2.24, 2.45) is 0 Å². The summed E-state index contributed by atoms with van der Waals surface area (Å²) < 4.78 is 5.70. The van der Waals surface area contributed by atoms with Crippen LogP contribution < -0.4 is 10.6 Å². The number of hydrogen-bond donors (Lipinski definition) is 2. The van der Waals surface area contributed by atoms with E-state index in [2.05, 4.69) is 17.6 Å². The fourth-order valence-corrected chi connectivity index (χ4v) is 1.91. The minimum atomic E-state index is -0.175. The maximum absolute atomic E-state index is 11.8. The van der Waals surface area contributed by atoms with Gasteiger partial charge in [0.25, 0.3) is 0 Å². The van der Waals surface area contributed by atoms with Gasteiger partial charge in [0.15, 0.2) is 0 Å². The van der Waals surface area contributed by atoms with E-state index < -0.39 is 0 Å². The second kappa shape index (κ2) is 5.83. The smallest absolute Gasteiger partial charge is 0.237 e. The normalized spacial score (nSPS) is 26.9. The molecule has 4 nitrogen and oxygen atoms in total. The lowest BCUT2D eigenvalue weighted by Crippen LogP contribution is -2.50. The molecule has 1 aliphatic heterocycles. The third kappa shape index (κ3) is 5.50. The van der Waals surface area contributed by atoms with Crippen molar-refractivity contribution < 1.29 is 9.53 Å². The molecular formula is C13H26N2O2. The van der Waals surface area contributed by atoms with Gasteiger partial charge in [-0.2, -0.15) is 0 Å². The Morgan fingerprint density at radius 3 is 2.53 bits per heavy atom. The van der Waals surface area contributed by atoms with E-state index in [9.17, 15) is 4.79 Å². The minimum Gasteiger partial charge on any atom is -0.374 e. The molecule has 0 aliphatic carbocycles.